The lowest BCUT2D eigenvalue weighted by Gasteiger charge is -2.32. The summed E-state index contributed by atoms with van der Waals surface area (Å²) in [6, 6.07) is 6.52. The van der Waals surface area contributed by atoms with Gasteiger partial charge < -0.3 is 23.5 Å². The number of carbonyl (C=O) groups excluding carboxylic acids is 1. The molecule has 3 rings (SSSR count). The third-order valence-corrected chi connectivity index (χ3v) is 7.25. The molecule has 0 bridgehead atoms. The van der Waals surface area contributed by atoms with Gasteiger partial charge in [-0.05, 0) is 37.1 Å². The summed E-state index contributed by atoms with van der Waals surface area (Å²) in [5.74, 6) is 1.31. The van der Waals surface area contributed by atoms with Crippen molar-refractivity contribution in [2.24, 2.45) is 0 Å². The summed E-state index contributed by atoms with van der Waals surface area (Å²) in [6.45, 7) is 0.717. The molecule has 0 unspecified atom stereocenters. The van der Waals surface area contributed by atoms with Crippen molar-refractivity contribution >= 4 is 15.7 Å². The Morgan fingerprint density at radius 2 is 1.72 bits per heavy atom. The molecule has 158 valence electrons. The van der Waals surface area contributed by atoms with Gasteiger partial charge in [-0.1, -0.05) is 0 Å². The molecule has 1 aliphatic rings. The number of hydrogen-bond donors (Lipinski definition) is 0. The molecule has 1 amide bonds. The number of rotatable bonds is 7. The van der Waals surface area contributed by atoms with Gasteiger partial charge in [0.05, 0.1) is 32.8 Å². The maximum Gasteiger partial charge on any atom is 0.254 e. The monoisotopic (exact) mass is 423 g/mol. The number of likely N-dealkylation sites (tertiary alicyclic amines) is 1. The number of piperidine rings is 1. The Morgan fingerprint density at radius 3 is 2.21 bits per heavy atom. The highest BCUT2D eigenvalue weighted by molar-refractivity contribution is 7.91. The topological polar surface area (TPSA) is 95.3 Å². The molecule has 9 heteroatoms. The van der Waals surface area contributed by atoms with Crippen molar-refractivity contribution in [1.29, 1.82) is 0 Å². The van der Waals surface area contributed by atoms with Crippen LogP contribution in [0.1, 0.15) is 29.0 Å². The molecule has 2 aromatic rings. The summed E-state index contributed by atoms with van der Waals surface area (Å²) in [5.41, 5.74) is 0.399. The Balaban J connectivity index is 1.70. The van der Waals surface area contributed by atoms with Gasteiger partial charge in [0.15, 0.2) is 21.3 Å². The predicted octanol–water partition coefficient (Wildman–Crippen LogP) is 2.53. The zero-order valence-electron chi connectivity index (χ0n) is 16.7. The van der Waals surface area contributed by atoms with E-state index in [4.69, 9.17) is 18.6 Å². The van der Waals surface area contributed by atoms with Crippen molar-refractivity contribution in [3.8, 4) is 17.2 Å². The van der Waals surface area contributed by atoms with Crippen molar-refractivity contribution in [3.05, 3.63) is 41.9 Å². The molecule has 1 aliphatic heterocycles. The summed E-state index contributed by atoms with van der Waals surface area (Å²) in [7, 11) is 1.13. The Labute approximate surface area is 170 Å². The minimum atomic E-state index is -3.34. The summed E-state index contributed by atoms with van der Waals surface area (Å²) in [4.78, 5) is 14.6. The van der Waals surface area contributed by atoms with Crippen LogP contribution < -0.4 is 14.2 Å². The molecular weight excluding hydrogens is 398 g/mol. The van der Waals surface area contributed by atoms with Gasteiger partial charge in [-0.25, -0.2) is 8.42 Å². The van der Waals surface area contributed by atoms with Gasteiger partial charge in [-0.2, -0.15) is 0 Å². The van der Waals surface area contributed by atoms with E-state index in [9.17, 15) is 13.2 Å². The van der Waals surface area contributed by atoms with E-state index >= 15 is 0 Å². The predicted molar refractivity (Wildman–Crippen MR) is 106 cm³/mol. The molecule has 1 saturated heterocycles. The first-order chi connectivity index (χ1) is 13.9. The van der Waals surface area contributed by atoms with Gasteiger partial charge >= 0.3 is 0 Å². The molecular formula is C20H25NO7S. The first-order valence-electron chi connectivity index (χ1n) is 9.22. The number of nitrogens with zero attached hydrogens (tertiary/aromatic N) is 1. The molecule has 8 nitrogen and oxygen atoms in total. The lowest BCUT2D eigenvalue weighted by molar-refractivity contribution is 0.0724. The summed E-state index contributed by atoms with van der Waals surface area (Å²) in [6.07, 6.45) is 2.24. The molecule has 0 radical (unpaired) electrons. The number of benzene rings is 1. The first kappa shape index (κ1) is 21.0. The van der Waals surface area contributed by atoms with Crippen LogP contribution in [-0.4, -0.2) is 58.9 Å². The minimum absolute atomic E-state index is 0.120. The highest BCUT2D eigenvalue weighted by atomic mass is 32.2. The average molecular weight is 423 g/mol. The molecule has 0 aliphatic carbocycles. The second-order valence-corrected chi connectivity index (χ2v) is 9.07. The highest BCUT2D eigenvalue weighted by Gasteiger charge is 2.33. The standard InChI is InChI=1S/C20H25NO7S/c1-25-17-11-14(12-18(26-2)19(17)27-3)20(22)21-8-6-16(7-9-21)29(23,24)13-15-5-4-10-28-15/h4-5,10-12,16H,6-9,13H2,1-3H3. The Bertz CT molecular complexity index is 920. The number of amides is 1. The van der Waals surface area contributed by atoms with E-state index in [0.29, 0.717) is 54.5 Å². The Kier molecular flexibility index (Phi) is 6.36. The lowest BCUT2D eigenvalue weighted by Crippen LogP contribution is -2.42. The van der Waals surface area contributed by atoms with Crippen molar-refractivity contribution in [2.45, 2.75) is 23.8 Å². The van der Waals surface area contributed by atoms with Gasteiger partial charge in [0.1, 0.15) is 11.5 Å². The maximum atomic E-state index is 13.0. The van der Waals surface area contributed by atoms with Crippen LogP contribution in [0.4, 0.5) is 0 Å². The molecule has 1 aromatic carbocycles. The van der Waals surface area contributed by atoms with Gasteiger partial charge in [0, 0.05) is 18.7 Å². The fourth-order valence-corrected chi connectivity index (χ4v) is 5.24. The molecule has 0 atom stereocenters. The van der Waals surface area contributed by atoms with E-state index < -0.39 is 15.1 Å². The zero-order chi connectivity index (χ0) is 21.0. The van der Waals surface area contributed by atoms with Crippen LogP contribution in [0.3, 0.4) is 0 Å². The second-order valence-electron chi connectivity index (χ2n) is 6.79. The third-order valence-electron chi connectivity index (χ3n) is 5.07. The van der Waals surface area contributed by atoms with E-state index in [1.54, 1.807) is 29.2 Å². The zero-order valence-corrected chi connectivity index (χ0v) is 17.5. The van der Waals surface area contributed by atoms with Crippen LogP contribution in [0.2, 0.25) is 0 Å². The van der Waals surface area contributed by atoms with Crippen LogP contribution >= 0.6 is 0 Å². The van der Waals surface area contributed by atoms with Crippen LogP contribution in [0.5, 0.6) is 17.2 Å². The number of carbonyl (C=O) groups is 1. The molecule has 1 aromatic heterocycles. The molecule has 1 fully saturated rings. The SMILES string of the molecule is COc1cc(C(=O)N2CCC(S(=O)(=O)Cc3ccco3)CC2)cc(OC)c1OC. The number of hydrogen-bond acceptors (Lipinski definition) is 7. The van der Waals surface area contributed by atoms with Crippen molar-refractivity contribution in [2.75, 3.05) is 34.4 Å². The number of sulfone groups is 1. The summed E-state index contributed by atoms with van der Waals surface area (Å²) in [5, 5.41) is -0.489. The summed E-state index contributed by atoms with van der Waals surface area (Å²) >= 11 is 0. The van der Waals surface area contributed by atoms with Gasteiger partial charge in [-0.15, -0.1) is 0 Å². The van der Waals surface area contributed by atoms with Crippen molar-refractivity contribution in [3.63, 3.8) is 0 Å². The normalized spacial score (nSPS) is 15.2. The molecule has 2 heterocycles. The second kappa shape index (κ2) is 8.77. The van der Waals surface area contributed by atoms with E-state index in [1.807, 2.05) is 0 Å². The van der Waals surface area contributed by atoms with Crippen LogP contribution in [-0.2, 0) is 15.6 Å². The van der Waals surface area contributed by atoms with E-state index in [2.05, 4.69) is 0 Å². The van der Waals surface area contributed by atoms with Gasteiger partial charge in [0.25, 0.3) is 5.91 Å². The van der Waals surface area contributed by atoms with E-state index in [1.165, 1.54) is 27.6 Å². The number of methoxy groups -OCH3 is 3. The third kappa shape index (κ3) is 4.50. The molecule has 0 N–H and O–H groups in total. The highest BCUT2D eigenvalue weighted by Crippen LogP contribution is 2.38. The number of ether oxygens (including phenoxy) is 3. The molecule has 0 saturated carbocycles. The van der Waals surface area contributed by atoms with Crippen LogP contribution in [0.15, 0.2) is 34.9 Å². The smallest absolute Gasteiger partial charge is 0.254 e. The largest absolute Gasteiger partial charge is 0.493 e. The van der Waals surface area contributed by atoms with E-state index in [-0.39, 0.29) is 11.7 Å². The minimum Gasteiger partial charge on any atom is -0.493 e. The van der Waals surface area contributed by atoms with Gasteiger partial charge in [-0.3, -0.25) is 4.79 Å². The van der Waals surface area contributed by atoms with Crippen LogP contribution in [0, 0.1) is 0 Å². The lowest BCUT2D eigenvalue weighted by atomic mass is 10.1. The Hall–Kier alpha value is -2.68. The fraction of sp³-hybridized carbons (Fsp3) is 0.450. The van der Waals surface area contributed by atoms with Crippen molar-refractivity contribution < 1.29 is 31.8 Å². The Morgan fingerprint density at radius 1 is 1.10 bits per heavy atom. The summed E-state index contributed by atoms with van der Waals surface area (Å²) < 4.78 is 46.3. The molecule has 29 heavy (non-hydrogen) atoms. The quantitative estimate of drug-likeness (QED) is 0.675. The van der Waals surface area contributed by atoms with E-state index in [0.717, 1.165) is 0 Å². The van der Waals surface area contributed by atoms with Gasteiger partial charge in [0.2, 0.25) is 5.75 Å². The first-order valence-corrected chi connectivity index (χ1v) is 10.9. The average Bonchev–Trinajstić information content (AvgIpc) is 3.24. The van der Waals surface area contributed by atoms with Crippen LogP contribution in [0.25, 0.3) is 0 Å². The molecule has 0 spiro atoms. The number of furan rings is 1. The fourth-order valence-electron chi connectivity index (χ4n) is 3.52. The van der Waals surface area contributed by atoms with Crippen molar-refractivity contribution in [1.82, 2.24) is 4.90 Å². The maximum absolute atomic E-state index is 13.0.